The maximum Gasteiger partial charge on any atom is 0.408 e. The van der Waals surface area contributed by atoms with Crippen LogP contribution in [0.4, 0.5) is 4.79 Å². The van der Waals surface area contributed by atoms with E-state index in [2.05, 4.69) is 5.32 Å². The number of esters is 1. The number of benzene rings is 1. The van der Waals surface area contributed by atoms with Gasteiger partial charge >= 0.3 is 17.7 Å². The molecule has 1 aromatic carbocycles. The van der Waals surface area contributed by atoms with Crippen LogP contribution >= 0.6 is 0 Å². The lowest BCUT2D eigenvalue weighted by Crippen LogP contribution is -2.48. The molecule has 7 heteroatoms. The molecule has 1 N–H and O–H groups in total. The Morgan fingerprint density at radius 2 is 1.83 bits per heavy atom. The molecule has 7 nitrogen and oxygen atoms in total. The van der Waals surface area contributed by atoms with Crippen molar-refractivity contribution in [3.8, 4) is 5.75 Å². The molecule has 0 aliphatic rings. The largest absolute Gasteiger partial charge is 0.444 e. The highest BCUT2D eigenvalue weighted by Crippen LogP contribution is 2.31. The van der Waals surface area contributed by atoms with Gasteiger partial charge in [0.15, 0.2) is 0 Å². The molecule has 0 bridgehead atoms. The van der Waals surface area contributed by atoms with Crippen LogP contribution in [-0.2, 0) is 16.0 Å². The Bertz CT molecular complexity index is 984. The number of alkyl carbamates (subject to hydrolysis) is 1. The normalized spacial score (nSPS) is 12.7. The Morgan fingerprint density at radius 3 is 2.40 bits per heavy atom. The molecule has 0 aliphatic carbocycles. The van der Waals surface area contributed by atoms with Crippen molar-refractivity contribution in [3.63, 3.8) is 0 Å². The number of hydrogen-bond donors (Lipinski definition) is 1. The van der Waals surface area contributed by atoms with E-state index in [0.717, 1.165) is 17.5 Å². The molecule has 0 saturated carbocycles. The number of carbonyl (C=O) groups is 2. The molecule has 2 rings (SSSR count). The van der Waals surface area contributed by atoms with Gasteiger partial charge in [0, 0.05) is 6.07 Å². The molecule has 0 spiro atoms. The van der Waals surface area contributed by atoms with E-state index in [1.165, 1.54) is 6.07 Å². The maximum atomic E-state index is 13.0. The maximum absolute atomic E-state index is 13.0. The van der Waals surface area contributed by atoms with Crippen molar-refractivity contribution in [2.75, 3.05) is 0 Å². The zero-order chi connectivity index (χ0) is 22.6. The molecule has 0 radical (unpaired) electrons. The minimum atomic E-state index is -0.902. The van der Waals surface area contributed by atoms with Gasteiger partial charge in [-0.05, 0) is 63.3 Å². The molecular weight excluding hydrogens is 386 g/mol. The third-order valence-corrected chi connectivity index (χ3v) is 4.36. The van der Waals surface area contributed by atoms with Gasteiger partial charge in [0.1, 0.15) is 23.0 Å². The van der Waals surface area contributed by atoms with Crippen LogP contribution in [0, 0.1) is 12.8 Å². The van der Waals surface area contributed by atoms with Gasteiger partial charge in [-0.25, -0.2) is 14.4 Å². The Balaban J connectivity index is 2.40. The highest BCUT2D eigenvalue weighted by molar-refractivity contribution is 5.91. The third-order valence-electron chi connectivity index (χ3n) is 4.36. The van der Waals surface area contributed by atoms with Gasteiger partial charge in [0.25, 0.3) is 0 Å². The van der Waals surface area contributed by atoms with E-state index in [0.29, 0.717) is 23.1 Å². The Morgan fingerprint density at radius 1 is 1.17 bits per heavy atom. The second-order valence-corrected chi connectivity index (χ2v) is 8.77. The third kappa shape index (κ3) is 6.08. The molecule has 1 heterocycles. The predicted molar refractivity (Wildman–Crippen MR) is 115 cm³/mol. The van der Waals surface area contributed by atoms with E-state index in [4.69, 9.17) is 13.9 Å². The molecular formula is C23H31NO6. The Kier molecular flexibility index (Phi) is 7.29. The van der Waals surface area contributed by atoms with Crippen molar-refractivity contribution in [1.29, 1.82) is 0 Å². The molecule has 1 amide bonds. The first-order valence-electron chi connectivity index (χ1n) is 10.2. The van der Waals surface area contributed by atoms with Gasteiger partial charge in [0.05, 0.1) is 5.39 Å². The molecule has 2 aromatic rings. The van der Waals surface area contributed by atoms with Crippen molar-refractivity contribution in [1.82, 2.24) is 5.32 Å². The average Bonchev–Trinajstić information content (AvgIpc) is 2.57. The highest BCUT2D eigenvalue weighted by atomic mass is 16.6. The van der Waals surface area contributed by atoms with Crippen LogP contribution in [0.2, 0.25) is 0 Å². The fourth-order valence-corrected chi connectivity index (χ4v) is 3.12. The Labute approximate surface area is 176 Å². The molecule has 0 aliphatic heterocycles. The zero-order valence-corrected chi connectivity index (χ0v) is 18.8. The van der Waals surface area contributed by atoms with E-state index < -0.39 is 29.3 Å². The molecule has 0 saturated heterocycles. The monoisotopic (exact) mass is 417 g/mol. The topological polar surface area (TPSA) is 94.8 Å². The molecule has 0 fully saturated rings. The summed E-state index contributed by atoms with van der Waals surface area (Å²) in [5.74, 6) is -0.538. The SMILES string of the molecule is CCCc1cc(=O)oc2cc(C)cc(OC(=O)C(NC(=O)OC(C)(C)C)C(C)C)c12. The number of nitrogens with one attached hydrogen (secondary N) is 1. The number of aryl methyl sites for hydroxylation is 2. The molecule has 30 heavy (non-hydrogen) atoms. The first-order chi connectivity index (χ1) is 13.9. The summed E-state index contributed by atoms with van der Waals surface area (Å²) >= 11 is 0. The first kappa shape index (κ1) is 23.4. The van der Waals surface area contributed by atoms with Crippen molar-refractivity contribution in [3.05, 3.63) is 39.7 Å². The number of hydrogen-bond acceptors (Lipinski definition) is 6. The van der Waals surface area contributed by atoms with Gasteiger partial charge in [-0.15, -0.1) is 0 Å². The number of ether oxygens (including phenoxy) is 2. The van der Waals surface area contributed by atoms with E-state index in [1.807, 2.05) is 13.8 Å². The quantitative estimate of drug-likeness (QED) is 0.422. The minimum absolute atomic E-state index is 0.228. The van der Waals surface area contributed by atoms with Crippen molar-refractivity contribution in [2.24, 2.45) is 5.92 Å². The van der Waals surface area contributed by atoms with Crippen LogP contribution in [0.5, 0.6) is 5.75 Å². The summed E-state index contributed by atoms with van der Waals surface area (Å²) in [5, 5.41) is 3.19. The Hall–Kier alpha value is -2.83. The van der Waals surface area contributed by atoms with E-state index in [1.54, 1.807) is 46.8 Å². The summed E-state index contributed by atoms with van der Waals surface area (Å²) in [6.45, 7) is 12.7. The van der Waals surface area contributed by atoms with E-state index in [-0.39, 0.29) is 5.92 Å². The van der Waals surface area contributed by atoms with Crippen molar-refractivity contribution < 1.29 is 23.5 Å². The summed E-state index contributed by atoms with van der Waals surface area (Å²) in [4.78, 5) is 37.1. The van der Waals surface area contributed by atoms with Crippen LogP contribution in [0.3, 0.4) is 0 Å². The number of rotatable bonds is 6. The zero-order valence-electron chi connectivity index (χ0n) is 18.8. The molecule has 164 valence electrons. The summed E-state index contributed by atoms with van der Waals surface area (Å²) in [7, 11) is 0. The number of carbonyl (C=O) groups excluding carboxylic acids is 2. The van der Waals surface area contributed by atoms with Gasteiger partial charge < -0.3 is 19.2 Å². The fourth-order valence-electron chi connectivity index (χ4n) is 3.12. The molecule has 1 aromatic heterocycles. The summed E-state index contributed by atoms with van der Waals surface area (Å²) in [6, 6.07) is 3.99. The minimum Gasteiger partial charge on any atom is -0.444 e. The summed E-state index contributed by atoms with van der Waals surface area (Å²) in [6.07, 6.45) is 0.763. The highest BCUT2D eigenvalue weighted by Gasteiger charge is 2.29. The first-order valence-corrected chi connectivity index (χ1v) is 10.2. The van der Waals surface area contributed by atoms with Crippen LogP contribution in [-0.4, -0.2) is 23.7 Å². The fraction of sp³-hybridized carbons (Fsp3) is 0.522. The second kappa shape index (κ2) is 9.32. The van der Waals surface area contributed by atoms with Gasteiger partial charge in [-0.3, -0.25) is 0 Å². The van der Waals surface area contributed by atoms with Crippen molar-refractivity contribution >= 4 is 23.0 Å². The summed E-state index contributed by atoms with van der Waals surface area (Å²) in [5.41, 5.74) is 0.779. The average molecular weight is 418 g/mol. The number of amides is 1. The second-order valence-electron chi connectivity index (χ2n) is 8.77. The van der Waals surface area contributed by atoms with Gasteiger partial charge in [-0.1, -0.05) is 27.2 Å². The predicted octanol–water partition coefficient (Wildman–Crippen LogP) is 4.51. The van der Waals surface area contributed by atoms with Crippen LogP contribution in [0.25, 0.3) is 11.0 Å². The lowest BCUT2D eigenvalue weighted by molar-refractivity contribution is -0.137. The standard InChI is InChI=1S/C23H31NO6/c1-8-9-15-12-18(25)28-16-10-14(4)11-17(19(15)16)29-21(26)20(13(2)3)24-22(27)30-23(5,6)7/h10-13,20H,8-9H2,1-7H3,(H,24,27). The van der Waals surface area contributed by atoms with Crippen LogP contribution < -0.4 is 15.7 Å². The molecule has 1 unspecified atom stereocenters. The van der Waals surface area contributed by atoms with Crippen LogP contribution in [0.1, 0.15) is 59.1 Å². The smallest absolute Gasteiger partial charge is 0.408 e. The van der Waals surface area contributed by atoms with E-state index >= 15 is 0 Å². The molecule has 1 atom stereocenters. The van der Waals surface area contributed by atoms with Crippen molar-refractivity contribution in [2.45, 2.75) is 73.0 Å². The van der Waals surface area contributed by atoms with Gasteiger partial charge in [-0.2, -0.15) is 0 Å². The number of fused-ring (bicyclic) bond motifs is 1. The lowest BCUT2D eigenvalue weighted by atomic mass is 10.0. The van der Waals surface area contributed by atoms with Crippen LogP contribution in [0.15, 0.2) is 27.4 Å². The summed E-state index contributed by atoms with van der Waals surface area (Å²) < 4.78 is 16.3. The lowest BCUT2D eigenvalue weighted by Gasteiger charge is -2.24. The van der Waals surface area contributed by atoms with Gasteiger partial charge in [0.2, 0.25) is 0 Å². The van der Waals surface area contributed by atoms with E-state index in [9.17, 15) is 14.4 Å².